The van der Waals surface area contributed by atoms with E-state index in [2.05, 4.69) is 92.1 Å². The highest BCUT2D eigenvalue weighted by atomic mass is 31.2. The summed E-state index contributed by atoms with van der Waals surface area (Å²) in [6.45, 7) is 4.66. The van der Waals surface area contributed by atoms with Crippen molar-refractivity contribution >= 4 is 13.7 Å². The van der Waals surface area contributed by atoms with Crippen molar-refractivity contribution in [3.8, 4) is 0 Å². The van der Waals surface area contributed by atoms with Crippen LogP contribution < -0.4 is 5.32 Å². The van der Waals surface area contributed by atoms with E-state index in [1.54, 1.807) is 6.08 Å². The molecule has 3 unspecified atom stereocenters. The maximum absolute atomic E-state index is 12.9. The second-order valence-corrected chi connectivity index (χ2v) is 19.6. The summed E-state index contributed by atoms with van der Waals surface area (Å²) in [6, 6.07) is -0.875. The lowest BCUT2D eigenvalue weighted by Gasteiger charge is -2.25. The number of quaternary nitrogens is 1. The van der Waals surface area contributed by atoms with Gasteiger partial charge in [0, 0.05) is 6.42 Å². The third-order valence-electron chi connectivity index (χ3n) is 10.9. The summed E-state index contributed by atoms with van der Waals surface area (Å²) in [4.78, 5) is 23.2. The molecule has 0 saturated heterocycles. The Balaban J connectivity index is 4.44. The Kier molecular flexibility index (Phi) is 43.2. The number of nitrogens with zero attached hydrogens (tertiary/aromatic N) is 1. The third-order valence-corrected chi connectivity index (χ3v) is 11.9. The minimum Gasteiger partial charge on any atom is -0.387 e. The van der Waals surface area contributed by atoms with Gasteiger partial charge in [-0.25, -0.2) is 4.57 Å². The number of likely N-dealkylation sites (N-methyl/N-ethyl adjacent to an activating group) is 1. The molecule has 1 amide bonds. The van der Waals surface area contributed by atoms with E-state index >= 15 is 0 Å². The van der Waals surface area contributed by atoms with Gasteiger partial charge in [0.15, 0.2) is 0 Å². The standard InChI is InChI=1S/C54H97N2O6P/c1-6-8-10-12-14-16-18-20-22-24-26-28-30-32-34-36-38-40-42-44-46-48-54(58)55-52(51-62-63(59,60)61-50-49-56(3,4)5)53(57)47-45-43-41-39-37-35-33-31-29-27-25-23-21-19-17-15-13-11-9-7-2/h8,10,14,16,20,22,26,28,32,34,38,40,45,47,52-53,57H,6-7,9,11-13,15,17-19,21,23-25,27,29-31,33,35-37,39,41-44,46,48-51H2,1-5H3,(H-,55,58,59,60)/p+1/b10-8-,16-14-,22-20-,28-26-,34-32-,40-38-,47-45+. The van der Waals surface area contributed by atoms with E-state index in [-0.39, 0.29) is 19.1 Å². The highest BCUT2D eigenvalue weighted by Gasteiger charge is 2.27. The van der Waals surface area contributed by atoms with Crippen molar-refractivity contribution in [2.45, 2.75) is 212 Å². The molecule has 0 heterocycles. The number of carbonyl (C=O) groups is 1. The Morgan fingerprint density at radius 1 is 0.556 bits per heavy atom. The molecule has 0 fully saturated rings. The lowest BCUT2D eigenvalue weighted by molar-refractivity contribution is -0.870. The van der Waals surface area contributed by atoms with Crippen molar-refractivity contribution in [3.63, 3.8) is 0 Å². The summed E-state index contributed by atoms with van der Waals surface area (Å²) in [5.41, 5.74) is 0. The average molecular weight is 902 g/mol. The molecule has 3 atom stereocenters. The number of carbonyl (C=O) groups excluding carboxylic acids is 1. The first-order chi connectivity index (χ1) is 30.5. The smallest absolute Gasteiger partial charge is 0.387 e. The first-order valence-corrected chi connectivity index (χ1v) is 27.0. The van der Waals surface area contributed by atoms with Gasteiger partial charge in [0.1, 0.15) is 13.2 Å². The first kappa shape index (κ1) is 60.7. The molecule has 0 aliphatic carbocycles. The van der Waals surface area contributed by atoms with Crippen LogP contribution in [0.2, 0.25) is 0 Å². The van der Waals surface area contributed by atoms with Crippen LogP contribution in [0, 0.1) is 0 Å². The van der Waals surface area contributed by atoms with E-state index in [1.807, 2.05) is 27.2 Å². The summed E-state index contributed by atoms with van der Waals surface area (Å²) in [6.07, 6.45) is 62.4. The Morgan fingerprint density at radius 3 is 1.40 bits per heavy atom. The van der Waals surface area contributed by atoms with Gasteiger partial charge in [-0.05, 0) is 70.6 Å². The molecular formula is C54H98N2O6P+. The average Bonchev–Trinajstić information content (AvgIpc) is 3.24. The second kappa shape index (κ2) is 44.9. The SMILES string of the molecule is CC/C=C\C/C=C\C/C=C\C/C=C\C/C=C\C/C=C\CCCCC(=O)NC(COP(=O)(O)OCC[N+](C)(C)C)C(O)/C=C/CCCCCCCCCCCCCCCCCCCC. The highest BCUT2D eigenvalue weighted by Crippen LogP contribution is 2.43. The molecular weight excluding hydrogens is 804 g/mol. The van der Waals surface area contributed by atoms with Crippen LogP contribution in [0.5, 0.6) is 0 Å². The summed E-state index contributed by atoms with van der Waals surface area (Å²) in [5.74, 6) is -0.221. The molecule has 0 rings (SSSR count). The van der Waals surface area contributed by atoms with E-state index < -0.39 is 20.0 Å². The summed E-state index contributed by atoms with van der Waals surface area (Å²) in [5, 5.41) is 13.9. The number of hydrogen-bond donors (Lipinski definition) is 3. The van der Waals surface area contributed by atoms with Crippen molar-refractivity contribution in [1.82, 2.24) is 5.32 Å². The molecule has 0 aromatic rings. The fourth-order valence-electron chi connectivity index (χ4n) is 6.87. The fraction of sp³-hybridized carbons (Fsp3) is 0.722. The normalized spacial score (nSPS) is 14.8. The zero-order valence-electron chi connectivity index (χ0n) is 41.3. The predicted octanol–water partition coefficient (Wildman–Crippen LogP) is 14.9. The van der Waals surface area contributed by atoms with Gasteiger partial charge in [-0.2, -0.15) is 0 Å². The van der Waals surface area contributed by atoms with Crippen LogP contribution in [0.4, 0.5) is 0 Å². The van der Waals surface area contributed by atoms with Crippen molar-refractivity contribution in [3.05, 3.63) is 85.1 Å². The fourth-order valence-corrected chi connectivity index (χ4v) is 7.60. The van der Waals surface area contributed by atoms with Crippen LogP contribution >= 0.6 is 7.82 Å². The number of unbranched alkanes of at least 4 members (excludes halogenated alkanes) is 20. The quantitative estimate of drug-likeness (QED) is 0.0243. The van der Waals surface area contributed by atoms with E-state index in [0.717, 1.165) is 70.6 Å². The molecule has 364 valence electrons. The van der Waals surface area contributed by atoms with E-state index in [9.17, 15) is 19.4 Å². The molecule has 0 radical (unpaired) electrons. The Hall–Kier alpha value is -2.32. The number of aliphatic hydroxyl groups is 1. The minimum absolute atomic E-state index is 0.0485. The van der Waals surface area contributed by atoms with Gasteiger partial charge in [-0.15, -0.1) is 0 Å². The van der Waals surface area contributed by atoms with E-state index in [4.69, 9.17) is 9.05 Å². The Bertz CT molecular complexity index is 1300. The molecule has 8 nitrogen and oxygen atoms in total. The van der Waals surface area contributed by atoms with Crippen molar-refractivity contribution in [1.29, 1.82) is 0 Å². The molecule has 0 saturated carbocycles. The molecule has 0 aliphatic heterocycles. The molecule has 9 heteroatoms. The number of phosphoric acid groups is 1. The monoisotopic (exact) mass is 902 g/mol. The molecule has 0 aromatic heterocycles. The van der Waals surface area contributed by atoms with Crippen molar-refractivity contribution in [2.24, 2.45) is 0 Å². The molecule has 0 bridgehead atoms. The zero-order chi connectivity index (χ0) is 46.4. The molecule has 0 aliphatic rings. The van der Waals surface area contributed by atoms with Crippen LogP contribution in [0.3, 0.4) is 0 Å². The Morgan fingerprint density at radius 2 is 0.952 bits per heavy atom. The lowest BCUT2D eigenvalue weighted by atomic mass is 10.0. The maximum atomic E-state index is 12.9. The first-order valence-electron chi connectivity index (χ1n) is 25.5. The molecule has 63 heavy (non-hydrogen) atoms. The van der Waals surface area contributed by atoms with Gasteiger partial charge in [0.25, 0.3) is 0 Å². The van der Waals surface area contributed by atoms with Crippen LogP contribution in [0.25, 0.3) is 0 Å². The number of nitrogens with one attached hydrogen (secondary N) is 1. The van der Waals surface area contributed by atoms with Gasteiger partial charge >= 0.3 is 7.82 Å². The summed E-state index contributed by atoms with van der Waals surface area (Å²) in [7, 11) is 1.53. The number of rotatable bonds is 45. The zero-order valence-corrected chi connectivity index (χ0v) is 42.2. The predicted molar refractivity (Wildman–Crippen MR) is 272 cm³/mol. The van der Waals surface area contributed by atoms with Gasteiger partial charge < -0.3 is 19.8 Å². The van der Waals surface area contributed by atoms with E-state index in [1.165, 1.54) is 103 Å². The second-order valence-electron chi connectivity index (χ2n) is 18.2. The number of phosphoric ester groups is 1. The number of hydrogen-bond acceptors (Lipinski definition) is 5. The van der Waals surface area contributed by atoms with Gasteiger partial charge in [-0.1, -0.05) is 208 Å². The number of amides is 1. The molecule has 0 aromatic carbocycles. The number of allylic oxidation sites excluding steroid dienone is 13. The Labute approximate surface area is 388 Å². The van der Waals surface area contributed by atoms with Crippen LogP contribution in [-0.4, -0.2) is 73.4 Å². The number of aliphatic hydroxyl groups excluding tert-OH is 1. The van der Waals surface area contributed by atoms with Crippen molar-refractivity contribution < 1.29 is 32.9 Å². The summed E-state index contributed by atoms with van der Waals surface area (Å²) < 4.78 is 23.6. The summed E-state index contributed by atoms with van der Waals surface area (Å²) >= 11 is 0. The van der Waals surface area contributed by atoms with Gasteiger partial charge in [0.2, 0.25) is 5.91 Å². The largest absolute Gasteiger partial charge is 0.472 e. The van der Waals surface area contributed by atoms with Crippen LogP contribution in [0.1, 0.15) is 200 Å². The van der Waals surface area contributed by atoms with Crippen molar-refractivity contribution in [2.75, 3.05) is 40.9 Å². The van der Waals surface area contributed by atoms with Gasteiger partial charge in [0.05, 0.1) is 39.9 Å². The van der Waals surface area contributed by atoms with Crippen LogP contribution in [-0.2, 0) is 18.4 Å². The van der Waals surface area contributed by atoms with E-state index in [0.29, 0.717) is 23.9 Å². The third kappa shape index (κ3) is 47.5. The molecule has 3 N–H and O–H groups in total. The topological polar surface area (TPSA) is 105 Å². The van der Waals surface area contributed by atoms with Gasteiger partial charge in [-0.3, -0.25) is 13.8 Å². The highest BCUT2D eigenvalue weighted by molar-refractivity contribution is 7.47. The molecule has 0 spiro atoms. The minimum atomic E-state index is -4.36. The van der Waals surface area contributed by atoms with Crippen LogP contribution in [0.15, 0.2) is 85.1 Å². The lowest BCUT2D eigenvalue weighted by Crippen LogP contribution is -2.45. The maximum Gasteiger partial charge on any atom is 0.472 e.